The first-order valence-electron chi connectivity index (χ1n) is 5.84. The first-order chi connectivity index (χ1) is 7.83. The van der Waals surface area contributed by atoms with Crippen molar-refractivity contribution in [3.8, 4) is 5.75 Å². The van der Waals surface area contributed by atoms with E-state index in [1.54, 1.807) is 12.1 Å². The maximum absolute atomic E-state index is 9.41. The number of rotatable bonds is 8. The predicted molar refractivity (Wildman–Crippen MR) is 65.1 cm³/mol. The van der Waals surface area contributed by atoms with E-state index in [-0.39, 0.29) is 0 Å². The van der Waals surface area contributed by atoms with Gasteiger partial charge in [-0.15, -0.1) is 0 Å². The zero-order valence-electron chi connectivity index (χ0n) is 9.76. The minimum Gasteiger partial charge on any atom is -0.512 e. The van der Waals surface area contributed by atoms with Gasteiger partial charge >= 0.3 is 7.32 Å². The molecule has 0 unspecified atom stereocenters. The van der Waals surface area contributed by atoms with Gasteiger partial charge in [-0.25, -0.2) is 0 Å². The lowest BCUT2D eigenvalue weighted by atomic mass is 10.2. The van der Waals surface area contributed by atoms with Crippen LogP contribution in [0.3, 0.4) is 0 Å². The third-order valence-corrected chi connectivity index (χ3v) is 2.24. The number of hydrogen-bond donors (Lipinski definition) is 1. The largest absolute Gasteiger partial charge is 0.710 e. The van der Waals surface area contributed by atoms with Crippen molar-refractivity contribution >= 4 is 7.32 Å². The Bertz CT molecular complexity index is 266. The summed E-state index contributed by atoms with van der Waals surface area (Å²) >= 11 is 0. The molecule has 0 atom stereocenters. The third kappa shape index (κ3) is 5.78. The molecule has 3 nitrogen and oxygen atoms in total. The van der Waals surface area contributed by atoms with Crippen molar-refractivity contribution in [3.05, 3.63) is 30.3 Å². The van der Waals surface area contributed by atoms with E-state index in [1.807, 2.05) is 18.2 Å². The zero-order chi connectivity index (χ0) is 11.6. The molecule has 1 N–H and O–H groups in total. The molecule has 1 aromatic carbocycles. The van der Waals surface area contributed by atoms with Crippen LogP contribution in [0.4, 0.5) is 0 Å². The molecule has 4 heteroatoms. The van der Waals surface area contributed by atoms with Crippen LogP contribution in [0.5, 0.6) is 5.75 Å². The molecule has 0 aliphatic rings. The first kappa shape index (κ1) is 13.1. The topological polar surface area (TPSA) is 38.7 Å². The quantitative estimate of drug-likeness (QED) is 0.542. The molecule has 1 rings (SSSR count). The number of hydrogen-bond acceptors (Lipinski definition) is 3. The Kier molecular flexibility index (Phi) is 6.69. The summed E-state index contributed by atoms with van der Waals surface area (Å²) in [7, 11) is -1.16. The van der Waals surface area contributed by atoms with Gasteiger partial charge in [0, 0.05) is 6.61 Å². The molecule has 0 radical (unpaired) electrons. The average Bonchev–Trinajstić information content (AvgIpc) is 2.30. The van der Waals surface area contributed by atoms with Crippen molar-refractivity contribution in [2.45, 2.75) is 32.6 Å². The average molecular weight is 222 g/mol. The van der Waals surface area contributed by atoms with Gasteiger partial charge in [0.05, 0.1) is 0 Å². The Morgan fingerprint density at radius 2 is 1.88 bits per heavy atom. The summed E-state index contributed by atoms with van der Waals surface area (Å²) in [6.07, 6.45) is 4.50. The van der Waals surface area contributed by atoms with Gasteiger partial charge in [0.15, 0.2) is 0 Å². The Labute approximate surface area is 97.6 Å². The fourth-order valence-electron chi connectivity index (χ4n) is 1.36. The Morgan fingerprint density at radius 3 is 2.56 bits per heavy atom. The molecule has 16 heavy (non-hydrogen) atoms. The molecule has 0 amide bonds. The molecule has 0 aliphatic heterocycles. The lowest BCUT2D eigenvalue weighted by Gasteiger charge is -2.09. The fraction of sp³-hybridized carbons (Fsp3) is 0.500. The highest BCUT2D eigenvalue weighted by molar-refractivity contribution is 6.35. The fourth-order valence-corrected chi connectivity index (χ4v) is 1.36. The summed E-state index contributed by atoms with van der Waals surface area (Å²) in [6, 6.07) is 9.16. The maximum atomic E-state index is 9.41. The normalized spacial score (nSPS) is 10.1. The van der Waals surface area contributed by atoms with Gasteiger partial charge in [-0.05, 0) is 18.6 Å². The predicted octanol–water partition coefficient (Wildman–Crippen LogP) is 2.64. The number of unbranched alkanes of at least 4 members (excludes halogenated alkanes) is 3. The van der Waals surface area contributed by atoms with Crippen LogP contribution in [-0.4, -0.2) is 19.0 Å². The summed E-state index contributed by atoms with van der Waals surface area (Å²) in [6.45, 7) is 2.70. The number of para-hydroxylation sites is 1. The van der Waals surface area contributed by atoms with Crippen LogP contribution in [0.15, 0.2) is 30.3 Å². The highest BCUT2D eigenvalue weighted by Crippen LogP contribution is 2.09. The first-order valence-corrected chi connectivity index (χ1v) is 5.84. The standard InChI is InChI=1S/C12H19BO3/c1-2-3-4-8-11-15-13(14)16-12-9-6-5-7-10-12/h5-7,9-10,14H,2-4,8,11H2,1H3. The summed E-state index contributed by atoms with van der Waals surface area (Å²) in [4.78, 5) is 0. The van der Waals surface area contributed by atoms with Crippen LogP contribution < -0.4 is 4.65 Å². The molecule has 0 heterocycles. The molecular formula is C12H19BO3. The van der Waals surface area contributed by atoms with Crippen molar-refractivity contribution in [1.29, 1.82) is 0 Å². The van der Waals surface area contributed by atoms with Gasteiger partial charge in [0.1, 0.15) is 5.75 Å². The van der Waals surface area contributed by atoms with Gasteiger partial charge < -0.3 is 14.3 Å². The van der Waals surface area contributed by atoms with E-state index >= 15 is 0 Å². The number of benzene rings is 1. The second-order valence-electron chi connectivity index (χ2n) is 3.67. The molecule has 0 saturated heterocycles. The van der Waals surface area contributed by atoms with E-state index in [0.717, 1.165) is 12.8 Å². The molecule has 88 valence electrons. The van der Waals surface area contributed by atoms with Crippen LogP contribution in [0.1, 0.15) is 32.6 Å². The molecule has 0 saturated carbocycles. The van der Waals surface area contributed by atoms with E-state index in [4.69, 9.17) is 9.31 Å². The summed E-state index contributed by atoms with van der Waals surface area (Å²) in [5.74, 6) is 0.614. The molecule has 1 aromatic rings. The van der Waals surface area contributed by atoms with E-state index in [9.17, 15) is 5.02 Å². The Hall–Kier alpha value is -0.995. The smallest absolute Gasteiger partial charge is 0.512 e. The highest BCUT2D eigenvalue weighted by atomic mass is 16.7. The van der Waals surface area contributed by atoms with Crippen LogP contribution >= 0.6 is 0 Å². The highest BCUT2D eigenvalue weighted by Gasteiger charge is 2.17. The SMILES string of the molecule is CCCCCCOB(O)Oc1ccccc1. The van der Waals surface area contributed by atoms with Crippen molar-refractivity contribution in [2.24, 2.45) is 0 Å². The van der Waals surface area contributed by atoms with Crippen molar-refractivity contribution in [3.63, 3.8) is 0 Å². The molecule has 0 spiro atoms. The van der Waals surface area contributed by atoms with E-state index in [0.29, 0.717) is 12.4 Å². The van der Waals surface area contributed by atoms with Crippen molar-refractivity contribution < 1.29 is 14.3 Å². The van der Waals surface area contributed by atoms with E-state index < -0.39 is 7.32 Å². The van der Waals surface area contributed by atoms with Gasteiger partial charge in [-0.1, -0.05) is 44.4 Å². The zero-order valence-corrected chi connectivity index (χ0v) is 9.76. The summed E-state index contributed by atoms with van der Waals surface area (Å²) in [5.41, 5.74) is 0. The lowest BCUT2D eigenvalue weighted by Crippen LogP contribution is -2.26. The second kappa shape index (κ2) is 8.19. The monoisotopic (exact) mass is 222 g/mol. The maximum Gasteiger partial charge on any atom is 0.710 e. The third-order valence-electron chi connectivity index (χ3n) is 2.24. The van der Waals surface area contributed by atoms with E-state index in [2.05, 4.69) is 6.92 Å². The molecular weight excluding hydrogens is 203 g/mol. The molecule has 0 aliphatic carbocycles. The van der Waals surface area contributed by atoms with Crippen molar-refractivity contribution in [2.75, 3.05) is 6.61 Å². The van der Waals surface area contributed by atoms with Gasteiger partial charge in [-0.3, -0.25) is 0 Å². The van der Waals surface area contributed by atoms with Crippen molar-refractivity contribution in [1.82, 2.24) is 0 Å². The van der Waals surface area contributed by atoms with Crippen LogP contribution in [0.25, 0.3) is 0 Å². The molecule has 0 fully saturated rings. The molecule has 0 aromatic heterocycles. The van der Waals surface area contributed by atoms with Crippen LogP contribution in [0.2, 0.25) is 0 Å². The lowest BCUT2D eigenvalue weighted by molar-refractivity contribution is 0.189. The second-order valence-corrected chi connectivity index (χ2v) is 3.67. The summed E-state index contributed by atoms with van der Waals surface area (Å²) < 4.78 is 10.3. The Balaban J connectivity index is 2.09. The minimum absolute atomic E-state index is 0.536. The van der Waals surface area contributed by atoms with E-state index in [1.165, 1.54) is 12.8 Å². The van der Waals surface area contributed by atoms with Crippen LogP contribution in [0, 0.1) is 0 Å². The van der Waals surface area contributed by atoms with Gasteiger partial charge in [-0.2, -0.15) is 0 Å². The summed E-state index contributed by atoms with van der Waals surface area (Å²) in [5, 5.41) is 9.41. The molecule has 0 bridgehead atoms. The van der Waals surface area contributed by atoms with Crippen LogP contribution in [-0.2, 0) is 4.65 Å². The van der Waals surface area contributed by atoms with Gasteiger partial charge in [0.25, 0.3) is 0 Å². The van der Waals surface area contributed by atoms with Gasteiger partial charge in [0.2, 0.25) is 0 Å². The minimum atomic E-state index is -1.16. The Morgan fingerprint density at radius 1 is 1.12 bits per heavy atom.